The quantitative estimate of drug-likeness (QED) is 0.234. The van der Waals surface area contributed by atoms with E-state index in [9.17, 15) is 9.18 Å². The molecule has 0 aliphatic carbocycles. The van der Waals surface area contributed by atoms with Crippen molar-refractivity contribution >= 4 is 56.2 Å². The van der Waals surface area contributed by atoms with E-state index in [1.165, 1.54) is 23.0 Å². The number of ether oxygens (including phenoxy) is 1. The highest BCUT2D eigenvalue weighted by Crippen LogP contribution is 2.34. The van der Waals surface area contributed by atoms with Gasteiger partial charge in [-0.05, 0) is 53.6 Å². The Morgan fingerprint density at radius 1 is 1.15 bits per heavy atom. The van der Waals surface area contributed by atoms with E-state index >= 15 is 0 Å². The van der Waals surface area contributed by atoms with Crippen LogP contribution in [0.4, 0.5) is 4.39 Å². The zero-order valence-corrected chi connectivity index (χ0v) is 21.3. The fourth-order valence-electron chi connectivity index (χ4n) is 3.35. The molecule has 0 fully saturated rings. The molecule has 0 atom stereocenters. The first-order chi connectivity index (χ1) is 16.2. The first kappa shape index (κ1) is 24.4. The van der Waals surface area contributed by atoms with Crippen molar-refractivity contribution in [2.75, 3.05) is 0 Å². The number of halogens is 4. The second kappa shape index (κ2) is 10.3. The van der Waals surface area contributed by atoms with Crippen molar-refractivity contribution in [3.63, 3.8) is 0 Å². The third-order valence-corrected chi connectivity index (χ3v) is 6.02. The number of aromatic nitrogens is 2. The second-order valence-corrected chi connectivity index (χ2v) is 9.61. The number of benzene rings is 3. The normalized spacial score (nSPS) is 11.6. The van der Waals surface area contributed by atoms with Crippen molar-refractivity contribution in [3.05, 3.63) is 102 Å². The van der Waals surface area contributed by atoms with Crippen LogP contribution in [-0.4, -0.2) is 15.9 Å². The van der Waals surface area contributed by atoms with Gasteiger partial charge in [-0.25, -0.2) is 9.37 Å². The van der Waals surface area contributed by atoms with E-state index in [0.29, 0.717) is 27.9 Å². The van der Waals surface area contributed by atoms with Crippen LogP contribution in [0, 0.1) is 5.82 Å². The molecule has 0 spiro atoms. The van der Waals surface area contributed by atoms with Gasteiger partial charge in [-0.1, -0.05) is 65.1 Å². The van der Waals surface area contributed by atoms with Crippen molar-refractivity contribution in [2.24, 2.45) is 5.10 Å². The molecule has 34 heavy (non-hydrogen) atoms. The van der Waals surface area contributed by atoms with Crippen molar-refractivity contribution in [2.45, 2.75) is 26.4 Å². The average Bonchev–Trinajstić information content (AvgIpc) is 2.78. The van der Waals surface area contributed by atoms with Gasteiger partial charge in [-0.2, -0.15) is 9.78 Å². The minimum Gasteiger partial charge on any atom is -0.486 e. The number of fused-ring (bicyclic) bond motifs is 1. The Kier molecular flexibility index (Phi) is 7.36. The third kappa shape index (κ3) is 5.32. The first-order valence-corrected chi connectivity index (χ1v) is 11.9. The predicted octanol–water partition coefficient (Wildman–Crippen LogP) is 7.19. The molecule has 0 saturated carbocycles. The number of nitrogens with zero attached hydrogens (tertiary/aromatic N) is 3. The molecule has 0 N–H and O–H groups in total. The van der Waals surface area contributed by atoms with Gasteiger partial charge in [0.1, 0.15) is 18.2 Å². The summed E-state index contributed by atoms with van der Waals surface area (Å²) >= 11 is 16.2. The molecule has 4 aromatic rings. The summed E-state index contributed by atoms with van der Waals surface area (Å²) in [6.07, 6.45) is 1.49. The van der Waals surface area contributed by atoms with Crippen molar-refractivity contribution < 1.29 is 9.13 Å². The molecule has 0 aliphatic heterocycles. The summed E-state index contributed by atoms with van der Waals surface area (Å²) in [6, 6.07) is 14.7. The Morgan fingerprint density at radius 3 is 2.56 bits per heavy atom. The molecule has 9 heteroatoms. The van der Waals surface area contributed by atoms with Crippen LogP contribution >= 0.6 is 39.1 Å². The Bertz CT molecular complexity index is 1450. The minimum atomic E-state index is -0.351. The summed E-state index contributed by atoms with van der Waals surface area (Å²) < 4.78 is 21.2. The standard InChI is InChI=1S/C25H19BrCl2FN3O2/c1-14(2)24-31-22-7-6-17(26)11-19(22)25(33)32(24)30-12-16-9-20(27)23(21(28)10-16)34-13-15-4-3-5-18(29)8-15/h3-12,14H,13H2,1-2H3. The Balaban J connectivity index is 1.66. The SMILES string of the molecule is CC(C)c1nc2ccc(Br)cc2c(=O)n1N=Cc1cc(Cl)c(OCc2cccc(F)c2)c(Cl)c1. The molecule has 0 saturated heterocycles. The van der Waals surface area contributed by atoms with E-state index in [2.05, 4.69) is 26.0 Å². The van der Waals surface area contributed by atoms with Gasteiger partial charge in [0.25, 0.3) is 5.56 Å². The summed E-state index contributed by atoms with van der Waals surface area (Å²) in [4.78, 5) is 17.8. The molecule has 174 valence electrons. The molecule has 3 aromatic carbocycles. The average molecular weight is 563 g/mol. The van der Waals surface area contributed by atoms with Crippen molar-refractivity contribution in [1.29, 1.82) is 0 Å². The highest BCUT2D eigenvalue weighted by atomic mass is 79.9. The van der Waals surface area contributed by atoms with E-state index < -0.39 is 0 Å². The molecule has 5 nitrogen and oxygen atoms in total. The van der Waals surface area contributed by atoms with Gasteiger partial charge in [0.05, 0.1) is 27.2 Å². The van der Waals surface area contributed by atoms with E-state index in [1.54, 1.807) is 36.4 Å². The smallest absolute Gasteiger partial charge is 0.282 e. The largest absolute Gasteiger partial charge is 0.486 e. The molecular formula is C25H19BrCl2FN3O2. The summed E-state index contributed by atoms with van der Waals surface area (Å²) in [5.41, 5.74) is 1.55. The van der Waals surface area contributed by atoms with Gasteiger partial charge < -0.3 is 4.74 Å². The van der Waals surface area contributed by atoms with Crippen LogP contribution in [0.15, 0.2) is 69.0 Å². The van der Waals surface area contributed by atoms with Gasteiger partial charge in [-0.15, -0.1) is 0 Å². The highest BCUT2D eigenvalue weighted by Gasteiger charge is 2.14. The van der Waals surface area contributed by atoms with Crippen LogP contribution in [-0.2, 0) is 6.61 Å². The molecule has 1 heterocycles. The predicted molar refractivity (Wildman–Crippen MR) is 138 cm³/mol. The molecule has 0 aliphatic rings. The number of rotatable bonds is 6. The molecule has 0 amide bonds. The molecule has 4 rings (SSSR count). The van der Waals surface area contributed by atoms with Crippen molar-refractivity contribution in [1.82, 2.24) is 9.66 Å². The maximum Gasteiger partial charge on any atom is 0.282 e. The van der Waals surface area contributed by atoms with Gasteiger partial charge >= 0.3 is 0 Å². The lowest BCUT2D eigenvalue weighted by molar-refractivity contribution is 0.306. The lowest BCUT2D eigenvalue weighted by Gasteiger charge is -2.12. The lowest BCUT2D eigenvalue weighted by Crippen LogP contribution is -2.23. The van der Waals surface area contributed by atoms with Crippen molar-refractivity contribution in [3.8, 4) is 5.75 Å². The van der Waals surface area contributed by atoms with Crippen LogP contribution in [0.1, 0.15) is 36.7 Å². The van der Waals surface area contributed by atoms with Gasteiger partial charge in [0, 0.05) is 10.4 Å². The van der Waals surface area contributed by atoms with E-state index in [1.807, 2.05) is 19.9 Å². The maximum atomic E-state index is 13.4. The van der Waals surface area contributed by atoms with Gasteiger partial charge in [0.2, 0.25) is 0 Å². The number of hydrogen-bond donors (Lipinski definition) is 0. The zero-order chi connectivity index (χ0) is 24.4. The summed E-state index contributed by atoms with van der Waals surface area (Å²) in [6.45, 7) is 3.99. The molecule has 0 unspecified atom stereocenters. The first-order valence-electron chi connectivity index (χ1n) is 10.4. The van der Waals surface area contributed by atoms with Crippen LogP contribution in [0.5, 0.6) is 5.75 Å². The molecule has 0 radical (unpaired) electrons. The highest BCUT2D eigenvalue weighted by molar-refractivity contribution is 9.10. The fraction of sp³-hybridized carbons (Fsp3) is 0.160. The van der Waals surface area contributed by atoms with Crippen LogP contribution in [0.2, 0.25) is 10.0 Å². The van der Waals surface area contributed by atoms with Crippen LogP contribution < -0.4 is 10.3 Å². The second-order valence-electron chi connectivity index (χ2n) is 7.88. The minimum absolute atomic E-state index is 0.0383. The van der Waals surface area contributed by atoms with E-state index in [0.717, 1.165) is 4.47 Å². The van der Waals surface area contributed by atoms with Crippen LogP contribution in [0.3, 0.4) is 0 Å². The Hall–Kier alpha value is -2.74. The zero-order valence-electron chi connectivity index (χ0n) is 18.2. The third-order valence-electron chi connectivity index (χ3n) is 4.96. The molecule has 0 bridgehead atoms. The molecule has 1 aromatic heterocycles. The maximum absolute atomic E-state index is 13.4. The monoisotopic (exact) mass is 561 g/mol. The van der Waals surface area contributed by atoms with Crippen LogP contribution in [0.25, 0.3) is 10.9 Å². The van der Waals surface area contributed by atoms with Gasteiger partial charge in [-0.3, -0.25) is 4.79 Å². The lowest BCUT2D eigenvalue weighted by atomic mass is 10.2. The summed E-state index contributed by atoms with van der Waals surface area (Å²) in [7, 11) is 0. The molecular weight excluding hydrogens is 544 g/mol. The Morgan fingerprint density at radius 2 is 1.88 bits per heavy atom. The number of hydrogen-bond acceptors (Lipinski definition) is 4. The summed E-state index contributed by atoms with van der Waals surface area (Å²) in [5, 5.41) is 5.38. The fourth-order valence-corrected chi connectivity index (χ4v) is 4.32. The summed E-state index contributed by atoms with van der Waals surface area (Å²) in [5.74, 6) is 0.422. The van der Waals surface area contributed by atoms with Gasteiger partial charge in [0.15, 0.2) is 5.75 Å². The van der Waals surface area contributed by atoms with E-state index in [-0.39, 0.29) is 39.7 Å². The Labute approximate surface area is 213 Å². The topological polar surface area (TPSA) is 56.5 Å². The van der Waals surface area contributed by atoms with E-state index in [4.69, 9.17) is 27.9 Å².